The average Bonchev–Trinajstić information content (AvgIpc) is 3.61. The van der Waals surface area contributed by atoms with Crippen molar-refractivity contribution in [1.29, 1.82) is 0 Å². The van der Waals surface area contributed by atoms with Gasteiger partial charge in [-0.2, -0.15) is 0 Å². The summed E-state index contributed by atoms with van der Waals surface area (Å²) < 4.78 is 16.8. The van der Waals surface area contributed by atoms with Crippen LogP contribution in [0.4, 0.5) is 11.4 Å². The number of hydrogen-bond donors (Lipinski definition) is 0. The van der Waals surface area contributed by atoms with Crippen LogP contribution in [0.3, 0.4) is 0 Å². The minimum atomic E-state index is -0.869. The van der Waals surface area contributed by atoms with Crippen molar-refractivity contribution in [2.45, 2.75) is 12.1 Å². The average molecular weight is 573 g/mol. The summed E-state index contributed by atoms with van der Waals surface area (Å²) >= 11 is 3.47. The smallest absolute Gasteiger partial charge is 0.240 e. The van der Waals surface area contributed by atoms with Crippen molar-refractivity contribution in [1.82, 2.24) is 0 Å². The van der Waals surface area contributed by atoms with Gasteiger partial charge in [0.15, 0.2) is 17.3 Å². The molecule has 0 spiro atoms. The molecular weight excluding hydrogens is 552 g/mol. The van der Waals surface area contributed by atoms with E-state index in [4.69, 9.17) is 14.2 Å². The van der Waals surface area contributed by atoms with E-state index in [0.717, 1.165) is 11.3 Å². The quantitative estimate of drug-likeness (QED) is 0.337. The van der Waals surface area contributed by atoms with Crippen LogP contribution in [0.2, 0.25) is 0 Å². The molecule has 0 aliphatic carbocycles. The van der Waals surface area contributed by atoms with E-state index in [2.05, 4.69) is 15.9 Å². The number of halogens is 1. The van der Waals surface area contributed by atoms with E-state index in [1.165, 1.54) is 4.90 Å². The standard InChI is InChI=1S/C29H21BrN2O6/c1-36-21-10-7-16(12-18(21)30)27(33)26-25-24(20-9-6-15-4-2-3-5-19(15)32(20)26)28(34)31(29(25)35)17-8-11-22-23(13-17)38-14-37-22/h2-13,20,24-26H,14H2,1H3/t20-,24-,25-,26+/m0/s1. The number of benzene rings is 3. The number of Topliss-reactive ketones (excluding diaryl/α,β-unsaturated/α-hetero) is 1. The molecule has 2 saturated heterocycles. The second kappa shape index (κ2) is 8.46. The normalized spacial score (nSPS) is 24.4. The van der Waals surface area contributed by atoms with Gasteiger partial charge in [0.25, 0.3) is 0 Å². The Labute approximate surface area is 226 Å². The maximum atomic E-state index is 14.2. The van der Waals surface area contributed by atoms with Crippen LogP contribution in [0.25, 0.3) is 6.08 Å². The van der Waals surface area contributed by atoms with Crippen LogP contribution < -0.4 is 24.0 Å². The molecule has 0 aromatic heterocycles. The summed E-state index contributed by atoms with van der Waals surface area (Å²) in [4.78, 5) is 45.4. The molecule has 0 saturated carbocycles. The molecule has 0 N–H and O–H groups in total. The van der Waals surface area contributed by atoms with Crippen LogP contribution >= 0.6 is 15.9 Å². The zero-order valence-electron chi connectivity index (χ0n) is 20.2. The number of hydrogen-bond acceptors (Lipinski definition) is 7. The Hall–Kier alpha value is -4.11. The fraction of sp³-hybridized carbons (Fsp3) is 0.207. The number of rotatable bonds is 4. The fourth-order valence-corrected chi connectivity index (χ4v) is 6.62. The first-order chi connectivity index (χ1) is 18.5. The topological polar surface area (TPSA) is 85.4 Å². The van der Waals surface area contributed by atoms with Crippen molar-refractivity contribution < 1.29 is 28.6 Å². The Morgan fingerprint density at radius 1 is 0.974 bits per heavy atom. The van der Waals surface area contributed by atoms with Gasteiger partial charge in [0, 0.05) is 17.3 Å². The van der Waals surface area contributed by atoms with Crippen molar-refractivity contribution in [3.63, 3.8) is 0 Å². The molecule has 38 heavy (non-hydrogen) atoms. The van der Waals surface area contributed by atoms with E-state index in [0.29, 0.717) is 33.0 Å². The number of para-hydroxylation sites is 1. The van der Waals surface area contributed by atoms with Crippen molar-refractivity contribution in [3.05, 3.63) is 82.3 Å². The molecule has 4 aliphatic heterocycles. The molecule has 2 amide bonds. The molecule has 4 aliphatic rings. The summed E-state index contributed by atoms with van der Waals surface area (Å²) in [6.45, 7) is 0.0845. The maximum Gasteiger partial charge on any atom is 0.240 e. The van der Waals surface area contributed by atoms with Crippen molar-refractivity contribution in [2.75, 3.05) is 23.7 Å². The third-order valence-corrected chi connectivity index (χ3v) is 8.35. The minimum Gasteiger partial charge on any atom is -0.496 e. The summed E-state index contributed by atoms with van der Waals surface area (Å²) in [5.74, 6) is -0.904. The number of nitrogens with zero attached hydrogens (tertiary/aromatic N) is 2. The Morgan fingerprint density at radius 3 is 2.58 bits per heavy atom. The van der Waals surface area contributed by atoms with E-state index < -0.39 is 29.8 Å². The van der Waals surface area contributed by atoms with Gasteiger partial charge in [0.1, 0.15) is 11.8 Å². The molecule has 8 nitrogen and oxygen atoms in total. The van der Waals surface area contributed by atoms with Crippen LogP contribution in [0, 0.1) is 11.8 Å². The molecule has 3 aromatic rings. The van der Waals surface area contributed by atoms with E-state index >= 15 is 0 Å². The summed E-state index contributed by atoms with van der Waals surface area (Å²) in [6, 6.07) is 16.5. The number of anilines is 2. The zero-order chi connectivity index (χ0) is 26.1. The molecule has 3 aromatic carbocycles. The number of ether oxygens (including phenoxy) is 3. The minimum absolute atomic E-state index is 0.0845. The Balaban J connectivity index is 1.35. The molecule has 0 unspecified atom stereocenters. The van der Waals surface area contributed by atoms with Gasteiger partial charge in [-0.15, -0.1) is 0 Å². The number of ketones is 1. The van der Waals surface area contributed by atoms with Crippen molar-refractivity contribution in [3.8, 4) is 17.2 Å². The fourth-order valence-electron chi connectivity index (χ4n) is 6.08. The molecule has 190 valence electrons. The molecule has 0 radical (unpaired) electrons. The number of methoxy groups -OCH3 is 1. The highest BCUT2D eigenvalue weighted by Crippen LogP contribution is 2.50. The first kappa shape index (κ1) is 23.0. The Morgan fingerprint density at radius 2 is 1.76 bits per heavy atom. The van der Waals surface area contributed by atoms with E-state index in [1.807, 2.05) is 41.3 Å². The highest BCUT2D eigenvalue weighted by molar-refractivity contribution is 9.10. The van der Waals surface area contributed by atoms with Gasteiger partial charge < -0.3 is 19.1 Å². The zero-order valence-corrected chi connectivity index (χ0v) is 21.8. The Kier molecular flexibility index (Phi) is 5.13. The molecule has 0 bridgehead atoms. The number of amides is 2. The first-order valence-electron chi connectivity index (χ1n) is 12.2. The highest BCUT2D eigenvalue weighted by Gasteiger charge is 2.64. The van der Waals surface area contributed by atoms with E-state index in [-0.39, 0.29) is 18.5 Å². The second-order valence-corrected chi connectivity index (χ2v) is 10.4. The first-order valence-corrected chi connectivity index (χ1v) is 13.0. The third kappa shape index (κ3) is 3.18. The third-order valence-electron chi connectivity index (χ3n) is 7.73. The van der Waals surface area contributed by atoms with Gasteiger partial charge in [0.2, 0.25) is 18.6 Å². The van der Waals surface area contributed by atoms with Crippen LogP contribution in [0.1, 0.15) is 15.9 Å². The summed E-state index contributed by atoms with van der Waals surface area (Å²) in [5.41, 5.74) is 2.60. The van der Waals surface area contributed by atoms with Gasteiger partial charge in [-0.1, -0.05) is 30.4 Å². The van der Waals surface area contributed by atoms with Crippen molar-refractivity contribution >= 4 is 51.0 Å². The lowest BCUT2D eigenvalue weighted by Crippen LogP contribution is -2.48. The van der Waals surface area contributed by atoms with Gasteiger partial charge in [-0.3, -0.25) is 14.4 Å². The lowest BCUT2D eigenvalue weighted by atomic mass is 9.86. The number of imide groups is 1. The molecule has 2 fully saturated rings. The lowest BCUT2D eigenvalue weighted by molar-refractivity contribution is -0.122. The van der Waals surface area contributed by atoms with Crippen molar-refractivity contribution in [2.24, 2.45) is 11.8 Å². The van der Waals surface area contributed by atoms with E-state index in [9.17, 15) is 14.4 Å². The summed E-state index contributed by atoms with van der Waals surface area (Å²) in [7, 11) is 1.55. The molecule has 9 heteroatoms. The predicted molar refractivity (Wildman–Crippen MR) is 143 cm³/mol. The largest absolute Gasteiger partial charge is 0.496 e. The van der Waals surface area contributed by atoms with Crippen LogP contribution in [-0.4, -0.2) is 43.6 Å². The van der Waals surface area contributed by atoms with Crippen LogP contribution in [-0.2, 0) is 9.59 Å². The number of carbonyl (C=O) groups excluding carboxylic acids is 3. The number of fused-ring (bicyclic) bond motifs is 6. The highest BCUT2D eigenvalue weighted by atomic mass is 79.9. The molecule has 7 rings (SSSR count). The molecular formula is C29H21BrN2O6. The second-order valence-electron chi connectivity index (χ2n) is 9.58. The van der Waals surface area contributed by atoms with Gasteiger partial charge in [-0.05, 0) is 57.9 Å². The summed E-state index contributed by atoms with van der Waals surface area (Å²) in [5, 5.41) is 0. The van der Waals surface area contributed by atoms with Crippen LogP contribution in [0.5, 0.6) is 17.2 Å². The predicted octanol–water partition coefficient (Wildman–Crippen LogP) is 4.46. The number of carbonyl (C=O) groups is 3. The van der Waals surface area contributed by atoms with Crippen LogP contribution in [0.15, 0.2) is 71.2 Å². The molecule has 4 atom stereocenters. The Bertz CT molecular complexity index is 1570. The maximum absolute atomic E-state index is 14.2. The van der Waals surface area contributed by atoms with E-state index in [1.54, 1.807) is 43.5 Å². The van der Waals surface area contributed by atoms with Gasteiger partial charge in [-0.25, -0.2) is 4.90 Å². The summed E-state index contributed by atoms with van der Waals surface area (Å²) in [6.07, 6.45) is 3.90. The monoisotopic (exact) mass is 572 g/mol. The lowest BCUT2D eigenvalue weighted by Gasteiger charge is -2.36. The van der Waals surface area contributed by atoms with Gasteiger partial charge >= 0.3 is 0 Å². The SMILES string of the molecule is COc1ccc(C(=O)[C@H]2[C@H]3C(=O)N(c4ccc5c(c4)OCO5)C(=O)[C@H]3[C@@H]3C=Cc4ccccc4N32)cc1Br. The van der Waals surface area contributed by atoms with Gasteiger partial charge in [0.05, 0.1) is 35.1 Å². The molecule has 4 heterocycles.